The number of hydrogen-bond acceptors (Lipinski definition) is 1. The van der Waals surface area contributed by atoms with Gasteiger partial charge in [-0.25, -0.2) is 0 Å². The molecule has 0 saturated heterocycles. The van der Waals surface area contributed by atoms with Crippen molar-refractivity contribution >= 4 is 5.97 Å². The lowest BCUT2D eigenvalue weighted by Crippen LogP contribution is -2.12. The van der Waals surface area contributed by atoms with E-state index in [-0.39, 0.29) is 5.92 Å². The van der Waals surface area contributed by atoms with Crippen LogP contribution in [0.3, 0.4) is 0 Å². The third-order valence-corrected chi connectivity index (χ3v) is 3.89. The largest absolute Gasteiger partial charge is 0.481 e. The molecule has 0 aliphatic carbocycles. The molecular weight excluding hydrogens is 224 g/mol. The normalized spacial score (nSPS) is 14.4. The van der Waals surface area contributed by atoms with Crippen LogP contribution in [0.25, 0.3) is 0 Å². The minimum atomic E-state index is -0.620. The third-order valence-electron chi connectivity index (χ3n) is 3.89. The topological polar surface area (TPSA) is 37.3 Å². The van der Waals surface area contributed by atoms with Crippen molar-refractivity contribution in [3.63, 3.8) is 0 Å². The van der Waals surface area contributed by atoms with Crippen molar-refractivity contribution in [3.05, 3.63) is 0 Å². The Labute approximate surface area is 113 Å². The highest BCUT2D eigenvalue weighted by Crippen LogP contribution is 2.19. The van der Waals surface area contributed by atoms with E-state index in [1.165, 1.54) is 44.9 Å². The molecule has 0 spiro atoms. The molecule has 0 rings (SSSR count). The number of hydrogen-bond donors (Lipinski definition) is 1. The zero-order valence-corrected chi connectivity index (χ0v) is 12.6. The fourth-order valence-electron chi connectivity index (χ4n) is 2.45. The highest BCUT2D eigenvalue weighted by molar-refractivity contribution is 5.69. The van der Waals surface area contributed by atoms with Gasteiger partial charge in [0.15, 0.2) is 0 Å². The van der Waals surface area contributed by atoms with Gasteiger partial charge in [0.25, 0.3) is 0 Å². The van der Waals surface area contributed by atoms with Crippen LogP contribution in [0.5, 0.6) is 0 Å². The van der Waals surface area contributed by atoms with Crippen molar-refractivity contribution in [1.29, 1.82) is 0 Å². The van der Waals surface area contributed by atoms with E-state index in [0.717, 1.165) is 25.2 Å². The molecule has 108 valence electrons. The van der Waals surface area contributed by atoms with Crippen molar-refractivity contribution in [1.82, 2.24) is 0 Å². The lowest BCUT2D eigenvalue weighted by atomic mass is 9.94. The van der Waals surface area contributed by atoms with Gasteiger partial charge in [0.05, 0.1) is 5.92 Å². The van der Waals surface area contributed by atoms with Crippen LogP contribution in [-0.4, -0.2) is 11.1 Å². The number of carbonyl (C=O) groups is 1. The summed E-state index contributed by atoms with van der Waals surface area (Å²) in [6.45, 7) is 6.56. The molecule has 0 saturated carbocycles. The zero-order valence-electron chi connectivity index (χ0n) is 12.6. The Hall–Kier alpha value is -0.530. The highest BCUT2D eigenvalue weighted by Gasteiger charge is 2.13. The maximum Gasteiger partial charge on any atom is 0.306 e. The van der Waals surface area contributed by atoms with Crippen LogP contribution in [-0.2, 0) is 4.79 Å². The molecule has 18 heavy (non-hydrogen) atoms. The molecule has 2 nitrogen and oxygen atoms in total. The number of unbranched alkanes of at least 4 members (excludes halogenated alkanes) is 4. The molecular formula is C16H32O2. The van der Waals surface area contributed by atoms with E-state index in [1.807, 2.05) is 6.92 Å². The predicted octanol–water partition coefficient (Wildman–Crippen LogP) is 5.26. The molecule has 2 heteroatoms. The molecule has 1 N–H and O–H groups in total. The van der Waals surface area contributed by atoms with E-state index in [1.54, 1.807) is 0 Å². The summed E-state index contributed by atoms with van der Waals surface area (Å²) in [5.74, 6) is 0.107. The first kappa shape index (κ1) is 17.5. The summed E-state index contributed by atoms with van der Waals surface area (Å²) in [4.78, 5) is 10.8. The Morgan fingerprint density at radius 3 is 2.00 bits per heavy atom. The lowest BCUT2D eigenvalue weighted by Gasteiger charge is -2.12. The van der Waals surface area contributed by atoms with Crippen molar-refractivity contribution < 1.29 is 9.90 Å². The minimum absolute atomic E-state index is 0.119. The number of rotatable bonds is 12. The summed E-state index contributed by atoms with van der Waals surface area (Å²) in [5, 5.41) is 8.94. The summed E-state index contributed by atoms with van der Waals surface area (Å²) in [6.07, 6.45) is 11.9. The van der Waals surface area contributed by atoms with Gasteiger partial charge in [-0.15, -0.1) is 0 Å². The molecule has 0 aromatic rings. The zero-order chi connectivity index (χ0) is 13.8. The molecule has 0 aromatic heterocycles. The van der Waals surface area contributed by atoms with Crippen molar-refractivity contribution in [2.45, 2.75) is 85.0 Å². The molecule has 0 fully saturated rings. The van der Waals surface area contributed by atoms with Crippen LogP contribution in [0.15, 0.2) is 0 Å². The lowest BCUT2D eigenvalue weighted by molar-refractivity contribution is -0.142. The molecule has 0 aromatic carbocycles. The second kappa shape index (κ2) is 11.6. The SMILES string of the molecule is CCCCCC(C)CCCCCC(CC)C(=O)O. The van der Waals surface area contributed by atoms with Crippen LogP contribution >= 0.6 is 0 Å². The van der Waals surface area contributed by atoms with Gasteiger partial charge >= 0.3 is 5.97 Å². The summed E-state index contributed by atoms with van der Waals surface area (Å²) < 4.78 is 0. The maximum atomic E-state index is 10.8. The number of aliphatic carboxylic acids is 1. The summed E-state index contributed by atoms with van der Waals surface area (Å²) in [5.41, 5.74) is 0. The van der Waals surface area contributed by atoms with Gasteiger partial charge in [0, 0.05) is 0 Å². The Balaban J connectivity index is 3.41. The van der Waals surface area contributed by atoms with Crippen LogP contribution < -0.4 is 0 Å². The summed E-state index contributed by atoms with van der Waals surface area (Å²) in [6, 6.07) is 0. The van der Waals surface area contributed by atoms with Crippen LogP contribution in [0.4, 0.5) is 0 Å². The predicted molar refractivity (Wildman–Crippen MR) is 77.8 cm³/mol. The van der Waals surface area contributed by atoms with E-state index in [4.69, 9.17) is 5.11 Å². The fourth-order valence-corrected chi connectivity index (χ4v) is 2.45. The Morgan fingerprint density at radius 1 is 0.944 bits per heavy atom. The molecule has 0 bridgehead atoms. The van der Waals surface area contributed by atoms with Gasteiger partial charge in [-0.05, 0) is 18.8 Å². The van der Waals surface area contributed by atoms with Gasteiger partial charge in [0.1, 0.15) is 0 Å². The van der Waals surface area contributed by atoms with Gasteiger partial charge in [0.2, 0.25) is 0 Å². The van der Waals surface area contributed by atoms with E-state index >= 15 is 0 Å². The standard InChI is InChI=1S/C16H32O2/c1-4-6-8-11-14(3)12-9-7-10-13-15(5-2)16(17)18/h14-15H,4-13H2,1-3H3,(H,17,18). The quantitative estimate of drug-likeness (QED) is 0.483. The molecule has 0 aliphatic rings. The Morgan fingerprint density at radius 2 is 1.50 bits per heavy atom. The minimum Gasteiger partial charge on any atom is -0.481 e. The number of carboxylic acid groups (broad SMARTS) is 1. The van der Waals surface area contributed by atoms with Crippen LogP contribution in [0.1, 0.15) is 85.0 Å². The fraction of sp³-hybridized carbons (Fsp3) is 0.938. The van der Waals surface area contributed by atoms with Crippen LogP contribution in [0, 0.1) is 11.8 Å². The average molecular weight is 256 g/mol. The summed E-state index contributed by atoms with van der Waals surface area (Å²) in [7, 11) is 0. The van der Waals surface area contributed by atoms with E-state index in [2.05, 4.69) is 13.8 Å². The Bertz CT molecular complexity index is 201. The molecule has 2 unspecified atom stereocenters. The van der Waals surface area contributed by atoms with Gasteiger partial charge in [-0.1, -0.05) is 72.1 Å². The maximum absolute atomic E-state index is 10.8. The van der Waals surface area contributed by atoms with E-state index < -0.39 is 5.97 Å². The smallest absolute Gasteiger partial charge is 0.306 e. The van der Waals surface area contributed by atoms with E-state index in [0.29, 0.717) is 0 Å². The number of carboxylic acids is 1. The second-order valence-electron chi connectivity index (χ2n) is 5.68. The first-order valence-corrected chi connectivity index (χ1v) is 7.84. The summed E-state index contributed by atoms with van der Waals surface area (Å²) >= 11 is 0. The highest BCUT2D eigenvalue weighted by atomic mass is 16.4. The second-order valence-corrected chi connectivity index (χ2v) is 5.68. The molecule has 2 atom stereocenters. The molecule has 0 amide bonds. The van der Waals surface area contributed by atoms with Crippen LogP contribution in [0.2, 0.25) is 0 Å². The first-order chi connectivity index (χ1) is 8.61. The first-order valence-electron chi connectivity index (χ1n) is 7.84. The van der Waals surface area contributed by atoms with Gasteiger partial charge in [-0.3, -0.25) is 4.79 Å². The molecule has 0 radical (unpaired) electrons. The van der Waals surface area contributed by atoms with Gasteiger partial charge < -0.3 is 5.11 Å². The molecule has 0 aliphatic heterocycles. The van der Waals surface area contributed by atoms with Crippen molar-refractivity contribution in [2.75, 3.05) is 0 Å². The van der Waals surface area contributed by atoms with Crippen molar-refractivity contribution in [2.24, 2.45) is 11.8 Å². The third kappa shape index (κ3) is 9.49. The average Bonchev–Trinajstić information content (AvgIpc) is 2.33. The van der Waals surface area contributed by atoms with Crippen molar-refractivity contribution in [3.8, 4) is 0 Å². The monoisotopic (exact) mass is 256 g/mol. The van der Waals surface area contributed by atoms with Gasteiger partial charge in [-0.2, -0.15) is 0 Å². The molecule has 0 heterocycles. The Kier molecular flexibility index (Phi) is 11.2. The van der Waals surface area contributed by atoms with E-state index in [9.17, 15) is 4.79 Å².